The first kappa shape index (κ1) is 16.1. The van der Waals surface area contributed by atoms with Crippen molar-refractivity contribution in [1.82, 2.24) is 24.9 Å². The minimum absolute atomic E-state index is 0.00168. The number of aromatic nitrogens is 2. The van der Waals surface area contributed by atoms with E-state index in [-0.39, 0.29) is 5.91 Å². The van der Waals surface area contributed by atoms with Gasteiger partial charge in [0.05, 0.1) is 0 Å². The monoisotopic (exact) mass is 318 g/mol. The van der Waals surface area contributed by atoms with Crippen LogP contribution in [0.3, 0.4) is 0 Å². The summed E-state index contributed by atoms with van der Waals surface area (Å²) >= 11 is 0. The van der Waals surface area contributed by atoms with Gasteiger partial charge in [-0.25, -0.2) is 0 Å². The van der Waals surface area contributed by atoms with Crippen LogP contribution in [0.5, 0.6) is 0 Å². The van der Waals surface area contributed by atoms with Gasteiger partial charge in [0.15, 0.2) is 11.5 Å². The molecule has 0 atom stereocenters. The van der Waals surface area contributed by atoms with Crippen LogP contribution in [-0.2, 0) is 0 Å². The van der Waals surface area contributed by atoms with Crippen LogP contribution in [0.4, 0.5) is 5.82 Å². The Bertz CT molecular complexity index is 518. The lowest BCUT2D eigenvalue weighted by molar-refractivity contribution is 0.0636. The maximum absolute atomic E-state index is 12.5. The van der Waals surface area contributed by atoms with E-state index in [4.69, 9.17) is 0 Å². The second kappa shape index (κ2) is 7.23. The van der Waals surface area contributed by atoms with Gasteiger partial charge in [-0.1, -0.05) is 6.92 Å². The first-order valence-electron chi connectivity index (χ1n) is 8.46. The molecule has 0 unspecified atom stereocenters. The molecule has 0 aromatic carbocycles. The SMILES string of the molecule is CCN1CCN(C(=O)c2ccc(N3CCN(C)CC3)nn2)CC1. The zero-order valence-corrected chi connectivity index (χ0v) is 14.1. The zero-order chi connectivity index (χ0) is 16.2. The Morgan fingerprint density at radius 2 is 1.70 bits per heavy atom. The molecule has 126 valence electrons. The van der Waals surface area contributed by atoms with Crippen LogP contribution in [0.15, 0.2) is 12.1 Å². The van der Waals surface area contributed by atoms with Crippen LogP contribution in [0.1, 0.15) is 17.4 Å². The molecule has 3 rings (SSSR count). The number of amides is 1. The third kappa shape index (κ3) is 3.79. The van der Waals surface area contributed by atoms with Crippen molar-refractivity contribution in [2.24, 2.45) is 0 Å². The molecule has 2 aliphatic rings. The summed E-state index contributed by atoms with van der Waals surface area (Å²) in [6.45, 7) is 10.6. The van der Waals surface area contributed by atoms with Gasteiger partial charge < -0.3 is 19.6 Å². The van der Waals surface area contributed by atoms with Gasteiger partial charge in [0.1, 0.15) is 0 Å². The summed E-state index contributed by atoms with van der Waals surface area (Å²) in [4.78, 5) is 21.3. The van der Waals surface area contributed by atoms with Crippen molar-refractivity contribution < 1.29 is 4.79 Å². The first-order chi connectivity index (χ1) is 11.2. The predicted octanol–water partition coefficient (Wildman–Crippen LogP) is 0.00610. The number of piperazine rings is 2. The fourth-order valence-corrected chi connectivity index (χ4v) is 3.07. The lowest BCUT2D eigenvalue weighted by Crippen LogP contribution is -2.48. The van der Waals surface area contributed by atoms with Crippen molar-refractivity contribution in [1.29, 1.82) is 0 Å². The maximum Gasteiger partial charge on any atom is 0.274 e. The topological polar surface area (TPSA) is 55.8 Å². The molecule has 2 aliphatic heterocycles. The van der Waals surface area contributed by atoms with Gasteiger partial charge in [0.2, 0.25) is 0 Å². The van der Waals surface area contributed by atoms with Crippen molar-refractivity contribution in [3.8, 4) is 0 Å². The molecule has 0 saturated carbocycles. The Hall–Kier alpha value is -1.73. The molecule has 0 N–H and O–H groups in total. The molecule has 1 aromatic heterocycles. The van der Waals surface area contributed by atoms with Gasteiger partial charge in [-0.3, -0.25) is 4.79 Å². The van der Waals surface area contributed by atoms with Gasteiger partial charge in [0, 0.05) is 52.4 Å². The van der Waals surface area contributed by atoms with Crippen LogP contribution in [0.2, 0.25) is 0 Å². The van der Waals surface area contributed by atoms with Crippen molar-refractivity contribution in [2.75, 3.05) is 70.9 Å². The number of hydrogen-bond donors (Lipinski definition) is 0. The summed E-state index contributed by atoms with van der Waals surface area (Å²) < 4.78 is 0. The van der Waals surface area contributed by atoms with Crippen LogP contribution < -0.4 is 4.90 Å². The van der Waals surface area contributed by atoms with Crippen LogP contribution in [0, 0.1) is 0 Å². The molecule has 2 saturated heterocycles. The van der Waals surface area contributed by atoms with E-state index >= 15 is 0 Å². The highest BCUT2D eigenvalue weighted by Gasteiger charge is 2.23. The van der Waals surface area contributed by atoms with Crippen molar-refractivity contribution in [3.63, 3.8) is 0 Å². The van der Waals surface area contributed by atoms with Gasteiger partial charge in [0.25, 0.3) is 5.91 Å². The van der Waals surface area contributed by atoms with E-state index in [1.54, 1.807) is 0 Å². The summed E-state index contributed by atoms with van der Waals surface area (Å²) in [7, 11) is 2.13. The fraction of sp³-hybridized carbons (Fsp3) is 0.688. The highest BCUT2D eigenvalue weighted by atomic mass is 16.2. The average Bonchev–Trinajstić information content (AvgIpc) is 2.62. The zero-order valence-electron chi connectivity index (χ0n) is 14.1. The molecule has 7 heteroatoms. The molecular formula is C16H26N6O. The quantitative estimate of drug-likeness (QED) is 0.782. The number of likely N-dealkylation sites (N-methyl/N-ethyl adjacent to an activating group) is 2. The van der Waals surface area contributed by atoms with Crippen LogP contribution >= 0.6 is 0 Å². The third-order valence-electron chi connectivity index (χ3n) is 4.80. The molecule has 0 radical (unpaired) electrons. The van der Waals surface area contributed by atoms with E-state index in [0.29, 0.717) is 5.69 Å². The molecule has 3 heterocycles. The van der Waals surface area contributed by atoms with Crippen molar-refractivity contribution >= 4 is 11.7 Å². The summed E-state index contributed by atoms with van der Waals surface area (Å²) in [5.41, 5.74) is 0.452. The molecule has 7 nitrogen and oxygen atoms in total. The standard InChI is InChI=1S/C16H26N6O/c1-3-20-8-12-22(13-9-20)16(23)14-4-5-15(18-17-14)21-10-6-19(2)7-11-21/h4-5H,3,6-13H2,1-2H3. The number of hydrogen-bond acceptors (Lipinski definition) is 6. The lowest BCUT2D eigenvalue weighted by atomic mass is 10.2. The number of carbonyl (C=O) groups is 1. The van der Waals surface area contributed by atoms with E-state index in [1.165, 1.54) is 0 Å². The Labute approximate surface area is 137 Å². The minimum atomic E-state index is -0.00168. The van der Waals surface area contributed by atoms with Crippen LogP contribution in [0.25, 0.3) is 0 Å². The van der Waals surface area contributed by atoms with Gasteiger partial charge in [-0.15, -0.1) is 10.2 Å². The Morgan fingerprint density at radius 1 is 1.00 bits per heavy atom. The van der Waals surface area contributed by atoms with Gasteiger partial charge in [-0.05, 0) is 25.7 Å². The maximum atomic E-state index is 12.5. The summed E-state index contributed by atoms with van der Waals surface area (Å²) in [6, 6.07) is 3.74. The number of carbonyl (C=O) groups excluding carboxylic acids is 1. The van der Waals surface area contributed by atoms with Crippen molar-refractivity contribution in [2.45, 2.75) is 6.92 Å². The number of anilines is 1. The lowest BCUT2D eigenvalue weighted by Gasteiger charge is -2.34. The molecule has 0 bridgehead atoms. The third-order valence-corrected chi connectivity index (χ3v) is 4.80. The molecule has 2 fully saturated rings. The van der Waals surface area contributed by atoms with E-state index in [1.807, 2.05) is 17.0 Å². The molecule has 0 spiro atoms. The largest absolute Gasteiger partial charge is 0.353 e. The summed E-state index contributed by atoms with van der Waals surface area (Å²) in [6.07, 6.45) is 0. The molecule has 0 aliphatic carbocycles. The van der Waals surface area contributed by atoms with Gasteiger partial charge >= 0.3 is 0 Å². The number of nitrogens with zero attached hydrogens (tertiary/aromatic N) is 6. The molecule has 1 amide bonds. The Kier molecular flexibility index (Phi) is 5.07. The molecule has 23 heavy (non-hydrogen) atoms. The second-order valence-corrected chi connectivity index (χ2v) is 6.29. The summed E-state index contributed by atoms with van der Waals surface area (Å²) in [5.74, 6) is 0.864. The average molecular weight is 318 g/mol. The number of rotatable bonds is 3. The highest BCUT2D eigenvalue weighted by Crippen LogP contribution is 2.13. The first-order valence-corrected chi connectivity index (χ1v) is 8.46. The van der Waals surface area contributed by atoms with E-state index in [2.05, 4.69) is 38.9 Å². The van der Waals surface area contributed by atoms with E-state index < -0.39 is 0 Å². The molecular weight excluding hydrogens is 292 g/mol. The Morgan fingerprint density at radius 3 is 2.26 bits per heavy atom. The smallest absolute Gasteiger partial charge is 0.274 e. The van der Waals surface area contributed by atoms with Crippen molar-refractivity contribution in [3.05, 3.63) is 17.8 Å². The normalized spacial score (nSPS) is 20.8. The minimum Gasteiger partial charge on any atom is -0.353 e. The second-order valence-electron chi connectivity index (χ2n) is 6.29. The highest BCUT2D eigenvalue weighted by molar-refractivity contribution is 5.92. The molecule has 1 aromatic rings. The fourth-order valence-electron chi connectivity index (χ4n) is 3.07. The summed E-state index contributed by atoms with van der Waals surface area (Å²) in [5, 5.41) is 8.45. The Balaban J connectivity index is 1.59. The van der Waals surface area contributed by atoms with Crippen LogP contribution in [-0.4, -0.2) is 96.8 Å². The van der Waals surface area contributed by atoms with Gasteiger partial charge in [-0.2, -0.15) is 0 Å². The van der Waals surface area contributed by atoms with E-state index in [9.17, 15) is 4.79 Å². The predicted molar refractivity (Wildman–Crippen MR) is 89.8 cm³/mol. The van der Waals surface area contributed by atoms with E-state index in [0.717, 1.165) is 64.7 Å².